The first-order valence-corrected chi connectivity index (χ1v) is 10.4. The molecule has 0 aromatic heterocycles. The van der Waals surface area contributed by atoms with E-state index in [9.17, 15) is 9.90 Å². The maximum atomic E-state index is 13.5. The highest BCUT2D eigenvalue weighted by Gasteiger charge is 2.31. The molecule has 0 unspecified atom stereocenters. The fourth-order valence-electron chi connectivity index (χ4n) is 4.48. The van der Waals surface area contributed by atoms with Crippen LogP contribution in [0.1, 0.15) is 54.2 Å². The lowest BCUT2D eigenvalue weighted by Gasteiger charge is -2.34. The summed E-state index contributed by atoms with van der Waals surface area (Å²) < 4.78 is 0. The Morgan fingerprint density at radius 3 is 1.93 bits per heavy atom. The minimum absolute atomic E-state index is 0.0538. The van der Waals surface area contributed by atoms with Crippen molar-refractivity contribution < 1.29 is 9.90 Å². The fourth-order valence-corrected chi connectivity index (χ4v) is 4.48. The molecule has 3 heteroatoms. The van der Waals surface area contributed by atoms with E-state index in [0.717, 1.165) is 30.4 Å². The van der Waals surface area contributed by atoms with Gasteiger partial charge in [0.25, 0.3) is 0 Å². The maximum absolute atomic E-state index is 13.5. The summed E-state index contributed by atoms with van der Waals surface area (Å²) in [6, 6.07) is 27.5. The normalized spacial score (nSPS) is 19.1. The highest BCUT2D eigenvalue weighted by Crippen LogP contribution is 2.35. The van der Waals surface area contributed by atoms with Gasteiger partial charge in [-0.2, -0.15) is 0 Å². The minimum atomic E-state index is -0.320. The molecule has 0 radical (unpaired) electrons. The molecule has 4 rings (SSSR count). The summed E-state index contributed by atoms with van der Waals surface area (Å²) in [5, 5.41) is 13.0. The zero-order chi connectivity index (χ0) is 20.1. The zero-order valence-corrected chi connectivity index (χ0v) is 16.5. The van der Waals surface area contributed by atoms with Crippen molar-refractivity contribution in [2.75, 3.05) is 0 Å². The van der Waals surface area contributed by atoms with Crippen molar-refractivity contribution in [1.29, 1.82) is 0 Å². The van der Waals surface area contributed by atoms with Crippen molar-refractivity contribution in [3.63, 3.8) is 0 Å². The van der Waals surface area contributed by atoms with Crippen molar-refractivity contribution in [2.45, 2.75) is 43.6 Å². The van der Waals surface area contributed by atoms with Gasteiger partial charge in [-0.15, -0.1) is 0 Å². The Kier molecular flexibility index (Phi) is 5.95. The van der Waals surface area contributed by atoms with Gasteiger partial charge in [-0.05, 0) is 41.7 Å². The van der Waals surface area contributed by atoms with Crippen LogP contribution in [0.2, 0.25) is 0 Å². The van der Waals surface area contributed by atoms with Crippen LogP contribution in [-0.4, -0.2) is 17.1 Å². The monoisotopic (exact) mass is 385 g/mol. The molecule has 2 N–H and O–H groups in total. The second-order valence-electron chi connectivity index (χ2n) is 7.85. The molecule has 29 heavy (non-hydrogen) atoms. The summed E-state index contributed by atoms with van der Waals surface area (Å²) in [6.45, 7) is 0. The SMILES string of the molecule is O=C(N[C@H]1CCCC[C@H]1c1ccc(O)cc1)C(c1ccccc1)c1ccccc1. The van der Waals surface area contributed by atoms with Crippen molar-refractivity contribution in [1.82, 2.24) is 5.32 Å². The van der Waals surface area contributed by atoms with E-state index in [1.54, 1.807) is 12.1 Å². The van der Waals surface area contributed by atoms with Crippen molar-refractivity contribution in [3.8, 4) is 5.75 Å². The topological polar surface area (TPSA) is 49.3 Å². The smallest absolute Gasteiger partial charge is 0.232 e. The van der Waals surface area contributed by atoms with E-state index in [-0.39, 0.29) is 29.5 Å². The largest absolute Gasteiger partial charge is 0.508 e. The van der Waals surface area contributed by atoms with Gasteiger partial charge in [-0.1, -0.05) is 85.6 Å². The maximum Gasteiger partial charge on any atom is 0.232 e. The van der Waals surface area contributed by atoms with Gasteiger partial charge in [0.05, 0.1) is 5.92 Å². The van der Waals surface area contributed by atoms with Crippen molar-refractivity contribution in [3.05, 3.63) is 102 Å². The van der Waals surface area contributed by atoms with Crippen LogP contribution in [0.4, 0.5) is 0 Å². The number of carbonyl (C=O) groups excluding carboxylic acids is 1. The van der Waals surface area contributed by atoms with Crippen LogP contribution >= 0.6 is 0 Å². The second-order valence-corrected chi connectivity index (χ2v) is 7.85. The Labute approximate surface area is 172 Å². The van der Waals surface area contributed by atoms with E-state index >= 15 is 0 Å². The Hall–Kier alpha value is -3.07. The van der Waals surface area contributed by atoms with E-state index in [1.165, 1.54) is 12.0 Å². The molecular formula is C26H27NO2. The molecule has 0 saturated heterocycles. The molecule has 3 aromatic rings. The third-order valence-electron chi connectivity index (χ3n) is 5.94. The van der Waals surface area contributed by atoms with Crippen molar-refractivity contribution in [2.24, 2.45) is 0 Å². The first-order chi connectivity index (χ1) is 14.2. The summed E-state index contributed by atoms with van der Waals surface area (Å²) in [5.41, 5.74) is 3.20. The molecule has 3 aromatic carbocycles. The predicted molar refractivity (Wildman–Crippen MR) is 116 cm³/mol. The summed E-state index contributed by atoms with van der Waals surface area (Å²) in [5.74, 6) is 0.289. The lowest BCUT2D eigenvalue weighted by atomic mass is 9.79. The van der Waals surface area contributed by atoms with Crippen LogP contribution in [0, 0.1) is 0 Å². The van der Waals surface area contributed by atoms with Gasteiger partial charge in [0, 0.05) is 12.0 Å². The Balaban J connectivity index is 1.60. The molecular weight excluding hydrogens is 358 g/mol. The molecule has 148 valence electrons. The number of rotatable bonds is 5. The van der Waals surface area contributed by atoms with Crippen LogP contribution in [0.25, 0.3) is 0 Å². The van der Waals surface area contributed by atoms with E-state index < -0.39 is 0 Å². The summed E-state index contributed by atoms with van der Waals surface area (Å²) in [4.78, 5) is 13.5. The Morgan fingerprint density at radius 2 is 1.34 bits per heavy atom. The van der Waals surface area contributed by atoms with Crippen LogP contribution in [-0.2, 0) is 4.79 Å². The number of phenolic OH excluding ortho intramolecular Hbond substituents is 1. The molecule has 0 heterocycles. The van der Waals surface area contributed by atoms with E-state index in [1.807, 2.05) is 72.8 Å². The Bertz CT molecular complexity index is 882. The number of phenols is 1. The number of carbonyl (C=O) groups is 1. The molecule has 0 aliphatic heterocycles. The Morgan fingerprint density at radius 1 is 0.793 bits per heavy atom. The molecule has 1 saturated carbocycles. The second kappa shape index (κ2) is 8.95. The van der Waals surface area contributed by atoms with Crippen LogP contribution in [0.15, 0.2) is 84.9 Å². The highest BCUT2D eigenvalue weighted by atomic mass is 16.3. The van der Waals surface area contributed by atoms with Gasteiger partial charge in [0.1, 0.15) is 5.75 Å². The number of aromatic hydroxyl groups is 1. The summed E-state index contributed by atoms with van der Waals surface area (Å²) in [6.07, 6.45) is 4.32. The number of nitrogens with one attached hydrogen (secondary N) is 1. The molecule has 2 atom stereocenters. The van der Waals surface area contributed by atoms with Crippen molar-refractivity contribution >= 4 is 5.91 Å². The van der Waals surface area contributed by atoms with E-state index in [0.29, 0.717) is 0 Å². The average Bonchev–Trinajstić information content (AvgIpc) is 2.76. The number of amides is 1. The van der Waals surface area contributed by atoms with Gasteiger partial charge in [-0.25, -0.2) is 0 Å². The lowest BCUT2D eigenvalue weighted by molar-refractivity contribution is -0.122. The lowest BCUT2D eigenvalue weighted by Crippen LogP contribution is -2.43. The average molecular weight is 386 g/mol. The van der Waals surface area contributed by atoms with Gasteiger partial charge >= 0.3 is 0 Å². The predicted octanol–water partition coefficient (Wildman–Crippen LogP) is 5.37. The minimum Gasteiger partial charge on any atom is -0.508 e. The van der Waals surface area contributed by atoms with Gasteiger partial charge in [0.2, 0.25) is 5.91 Å². The summed E-state index contributed by atoms with van der Waals surface area (Å²) >= 11 is 0. The molecule has 3 nitrogen and oxygen atoms in total. The number of benzene rings is 3. The van der Waals surface area contributed by atoms with Crippen LogP contribution < -0.4 is 5.32 Å². The fraction of sp³-hybridized carbons (Fsp3) is 0.269. The van der Waals surface area contributed by atoms with Crippen LogP contribution in [0.5, 0.6) is 5.75 Å². The van der Waals surface area contributed by atoms with Gasteiger partial charge in [0.15, 0.2) is 0 Å². The standard InChI is InChI=1S/C26H27NO2/c28-22-17-15-19(16-18-22)23-13-7-8-14-24(23)27-26(29)25(20-9-3-1-4-10-20)21-11-5-2-6-12-21/h1-6,9-12,15-18,23-25,28H,7-8,13-14H2,(H,27,29)/t23-,24-/m0/s1. The quantitative estimate of drug-likeness (QED) is 0.621. The van der Waals surface area contributed by atoms with Crippen LogP contribution in [0.3, 0.4) is 0 Å². The van der Waals surface area contributed by atoms with E-state index in [4.69, 9.17) is 0 Å². The third kappa shape index (κ3) is 4.51. The molecule has 0 bridgehead atoms. The zero-order valence-electron chi connectivity index (χ0n) is 16.5. The molecule has 1 amide bonds. The first-order valence-electron chi connectivity index (χ1n) is 10.4. The third-order valence-corrected chi connectivity index (χ3v) is 5.94. The highest BCUT2D eigenvalue weighted by molar-refractivity contribution is 5.87. The molecule has 1 aliphatic rings. The first kappa shape index (κ1) is 19.3. The van der Waals surface area contributed by atoms with Gasteiger partial charge in [-0.3, -0.25) is 4.79 Å². The number of hydrogen-bond donors (Lipinski definition) is 2. The molecule has 0 spiro atoms. The molecule has 1 aliphatic carbocycles. The summed E-state index contributed by atoms with van der Waals surface area (Å²) in [7, 11) is 0. The molecule has 1 fully saturated rings. The van der Waals surface area contributed by atoms with Gasteiger partial charge < -0.3 is 10.4 Å². The van der Waals surface area contributed by atoms with E-state index in [2.05, 4.69) is 5.32 Å². The number of hydrogen-bond acceptors (Lipinski definition) is 2.